The van der Waals surface area contributed by atoms with Crippen molar-refractivity contribution in [3.8, 4) is 22.8 Å². The van der Waals surface area contributed by atoms with Crippen LogP contribution in [0.25, 0.3) is 11.3 Å². The molecule has 1 aliphatic rings. The van der Waals surface area contributed by atoms with E-state index in [0.717, 1.165) is 11.1 Å². The lowest BCUT2D eigenvalue weighted by atomic mass is 9.87. The highest BCUT2D eigenvalue weighted by atomic mass is 32.2. The molecule has 0 amide bonds. The normalized spacial score (nSPS) is 15.4. The summed E-state index contributed by atoms with van der Waals surface area (Å²) in [7, 11) is -2.46. The number of benzene rings is 2. The van der Waals surface area contributed by atoms with E-state index in [1.807, 2.05) is 6.07 Å². The number of halogens is 1. The van der Waals surface area contributed by atoms with Crippen LogP contribution >= 0.6 is 0 Å². The Morgan fingerprint density at radius 3 is 2.74 bits per heavy atom. The summed E-state index contributed by atoms with van der Waals surface area (Å²) in [6.45, 7) is -0.471. The van der Waals surface area contributed by atoms with Crippen molar-refractivity contribution < 1.29 is 32.2 Å². The van der Waals surface area contributed by atoms with Crippen LogP contribution in [0.5, 0.6) is 11.5 Å². The SMILES string of the molecule is COc1ccc(F)cc1-c1ccc(S(=O)(=O)NC2CCCc3c(OCC(=O)O)cccc32)cn1. The summed E-state index contributed by atoms with van der Waals surface area (Å²) in [4.78, 5) is 15.1. The van der Waals surface area contributed by atoms with Gasteiger partial charge >= 0.3 is 5.97 Å². The molecule has 8 nitrogen and oxygen atoms in total. The van der Waals surface area contributed by atoms with Crippen molar-refractivity contribution in [1.82, 2.24) is 9.71 Å². The third-order valence-electron chi connectivity index (χ3n) is 5.60. The number of methoxy groups -OCH3 is 1. The van der Waals surface area contributed by atoms with E-state index in [9.17, 15) is 17.6 Å². The van der Waals surface area contributed by atoms with E-state index in [-0.39, 0.29) is 4.90 Å². The molecule has 1 unspecified atom stereocenters. The predicted molar refractivity (Wildman–Crippen MR) is 122 cm³/mol. The van der Waals surface area contributed by atoms with Crippen molar-refractivity contribution in [3.63, 3.8) is 0 Å². The number of hydrogen-bond donors (Lipinski definition) is 2. The standard InChI is InChI=1S/C24H23FN2O6S/c1-32-22-11-8-15(25)12-19(22)20-10-9-16(13-26-20)34(30,31)27-21-6-2-5-18-17(21)4-3-7-23(18)33-14-24(28)29/h3-4,7-13,21,27H,2,5-6,14H2,1H3,(H,28,29). The minimum Gasteiger partial charge on any atom is -0.496 e. The van der Waals surface area contributed by atoms with Crippen LogP contribution in [0.15, 0.2) is 59.6 Å². The second-order valence-corrected chi connectivity index (χ2v) is 9.51. The molecule has 0 saturated heterocycles. The number of fused-ring (bicyclic) bond motifs is 1. The summed E-state index contributed by atoms with van der Waals surface area (Å²) in [5.74, 6) is -0.683. The Hall–Kier alpha value is -3.50. The maximum Gasteiger partial charge on any atom is 0.341 e. The van der Waals surface area contributed by atoms with E-state index in [1.54, 1.807) is 12.1 Å². The van der Waals surface area contributed by atoms with E-state index in [0.29, 0.717) is 42.0 Å². The van der Waals surface area contributed by atoms with Crippen LogP contribution < -0.4 is 14.2 Å². The van der Waals surface area contributed by atoms with Crippen LogP contribution in [-0.4, -0.2) is 38.2 Å². The fraction of sp³-hybridized carbons (Fsp3) is 0.250. The van der Waals surface area contributed by atoms with Gasteiger partial charge in [0.1, 0.15) is 22.2 Å². The van der Waals surface area contributed by atoms with Gasteiger partial charge in [-0.05, 0) is 66.8 Å². The highest BCUT2D eigenvalue weighted by molar-refractivity contribution is 7.89. The van der Waals surface area contributed by atoms with Gasteiger partial charge in [-0.15, -0.1) is 0 Å². The topological polar surface area (TPSA) is 115 Å². The average molecular weight is 487 g/mol. The molecule has 0 spiro atoms. The highest BCUT2D eigenvalue weighted by Gasteiger charge is 2.28. The van der Waals surface area contributed by atoms with Gasteiger partial charge in [0, 0.05) is 17.8 Å². The highest BCUT2D eigenvalue weighted by Crippen LogP contribution is 2.36. The van der Waals surface area contributed by atoms with E-state index >= 15 is 0 Å². The molecule has 0 aliphatic heterocycles. The molecule has 0 radical (unpaired) electrons. The van der Waals surface area contributed by atoms with Crippen molar-refractivity contribution >= 4 is 16.0 Å². The maximum atomic E-state index is 13.7. The van der Waals surface area contributed by atoms with Crippen molar-refractivity contribution in [1.29, 1.82) is 0 Å². The molecule has 4 rings (SSSR count). The molecule has 1 heterocycles. The van der Waals surface area contributed by atoms with Gasteiger partial charge in [-0.2, -0.15) is 0 Å². The smallest absolute Gasteiger partial charge is 0.341 e. The monoisotopic (exact) mass is 486 g/mol. The number of hydrogen-bond acceptors (Lipinski definition) is 6. The first-order valence-electron chi connectivity index (χ1n) is 10.6. The average Bonchev–Trinajstić information content (AvgIpc) is 2.83. The first-order chi connectivity index (χ1) is 16.3. The molecular weight excluding hydrogens is 463 g/mol. The molecule has 2 aromatic carbocycles. The molecule has 2 N–H and O–H groups in total. The Kier molecular flexibility index (Phi) is 6.80. The fourth-order valence-corrected chi connectivity index (χ4v) is 5.24. The number of nitrogens with one attached hydrogen (secondary N) is 1. The number of rotatable bonds is 8. The zero-order chi connectivity index (χ0) is 24.3. The minimum atomic E-state index is -3.92. The Bertz CT molecular complexity index is 1310. The molecule has 1 aromatic heterocycles. The van der Waals surface area contributed by atoms with Gasteiger partial charge in [0.15, 0.2) is 6.61 Å². The Morgan fingerprint density at radius 1 is 1.21 bits per heavy atom. The Morgan fingerprint density at radius 2 is 2.03 bits per heavy atom. The molecule has 0 saturated carbocycles. The van der Waals surface area contributed by atoms with Crippen LogP contribution in [0, 0.1) is 5.82 Å². The number of aliphatic carboxylic acids is 1. The van der Waals surface area contributed by atoms with Gasteiger partial charge in [-0.25, -0.2) is 22.3 Å². The molecule has 10 heteroatoms. The molecule has 0 fully saturated rings. The van der Waals surface area contributed by atoms with Crippen molar-refractivity contribution in [2.75, 3.05) is 13.7 Å². The Labute approximate surface area is 196 Å². The lowest BCUT2D eigenvalue weighted by Gasteiger charge is -2.27. The summed E-state index contributed by atoms with van der Waals surface area (Å²) >= 11 is 0. The fourth-order valence-electron chi connectivity index (χ4n) is 4.05. The molecule has 0 bridgehead atoms. The molecular formula is C24H23FN2O6S. The minimum absolute atomic E-state index is 0.0305. The predicted octanol–water partition coefficient (Wildman–Crippen LogP) is 3.72. The van der Waals surface area contributed by atoms with Gasteiger partial charge in [0.05, 0.1) is 12.8 Å². The molecule has 34 heavy (non-hydrogen) atoms. The number of sulfonamides is 1. The number of pyridine rings is 1. The quantitative estimate of drug-likeness (QED) is 0.499. The number of nitrogens with zero attached hydrogens (tertiary/aromatic N) is 1. The van der Waals surface area contributed by atoms with Crippen LogP contribution in [0.3, 0.4) is 0 Å². The second-order valence-electron chi connectivity index (χ2n) is 7.80. The summed E-state index contributed by atoms with van der Waals surface area (Å²) in [6.07, 6.45) is 3.18. The molecule has 178 valence electrons. The number of carboxylic acid groups (broad SMARTS) is 1. The van der Waals surface area contributed by atoms with E-state index in [4.69, 9.17) is 14.6 Å². The van der Waals surface area contributed by atoms with Gasteiger partial charge in [0.25, 0.3) is 0 Å². The van der Waals surface area contributed by atoms with Crippen molar-refractivity contribution in [2.24, 2.45) is 0 Å². The Balaban J connectivity index is 1.57. The number of ether oxygens (including phenoxy) is 2. The number of carboxylic acids is 1. The van der Waals surface area contributed by atoms with Gasteiger partial charge < -0.3 is 14.6 Å². The largest absolute Gasteiger partial charge is 0.496 e. The number of carbonyl (C=O) groups is 1. The van der Waals surface area contributed by atoms with Crippen LogP contribution in [-0.2, 0) is 21.2 Å². The number of aromatic nitrogens is 1. The summed E-state index contributed by atoms with van der Waals surface area (Å²) < 4.78 is 53.2. The van der Waals surface area contributed by atoms with Crippen molar-refractivity contribution in [2.45, 2.75) is 30.2 Å². The second kappa shape index (κ2) is 9.78. The van der Waals surface area contributed by atoms with E-state index < -0.39 is 34.5 Å². The van der Waals surface area contributed by atoms with Gasteiger partial charge in [-0.3, -0.25) is 4.98 Å². The van der Waals surface area contributed by atoms with Gasteiger partial charge in [0.2, 0.25) is 10.0 Å². The lowest BCUT2D eigenvalue weighted by molar-refractivity contribution is -0.139. The lowest BCUT2D eigenvalue weighted by Crippen LogP contribution is -2.31. The van der Waals surface area contributed by atoms with E-state index in [1.165, 1.54) is 43.6 Å². The first-order valence-corrected chi connectivity index (χ1v) is 12.1. The van der Waals surface area contributed by atoms with E-state index in [2.05, 4.69) is 9.71 Å². The van der Waals surface area contributed by atoms with Crippen LogP contribution in [0.1, 0.15) is 30.0 Å². The zero-order valence-electron chi connectivity index (χ0n) is 18.3. The third-order valence-corrected chi connectivity index (χ3v) is 7.05. The first kappa shape index (κ1) is 23.7. The summed E-state index contributed by atoms with van der Waals surface area (Å²) in [5, 5.41) is 8.90. The van der Waals surface area contributed by atoms with Crippen LogP contribution in [0.2, 0.25) is 0 Å². The molecule has 3 aromatic rings. The van der Waals surface area contributed by atoms with Gasteiger partial charge in [-0.1, -0.05) is 12.1 Å². The zero-order valence-corrected chi connectivity index (χ0v) is 19.1. The maximum absolute atomic E-state index is 13.7. The third kappa shape index (κ3) is 5.02. The molecule has 1 aliphatic carbocycles. The molecule has 1 atom stereocenters. The summed E-state index contributed by atoms with van der Waals surface area (Å²) in [5.41, 5.74) is 2.34. The van der Waals surface area contributed by atoms with Crippen LogP contribution in [0.4, 0.5) is 4.39 Å². The van der Waals surface area contributed by atoms with Crippen molar-refractivity contribution in [3.05, 3.63) is 71.7 Å². The summed E-state index contributed by atoms with van der Waals surface area (Å²) in [6, 6.07) is 11.6.